The molecule has 0 N–H and O–H groups in total. The Balaban J connectivity index is 1.65. The number of carbonyl (C=O) groups excluding carboxylic acids is 1. The molecule has 4 heteroatoms. The van der Waals surface area contributed by atoms with Crippen molar-refractivity contribution in [3.8, 4) is 0 Å². The molecule has 0 saturated carbocycles. The van der Waals surface area contributed by atoms with Crippen LogP contribution in [0.3, 0.4) is 0 Å². The molecular weight excluding hydrogens is 288 g/mol. The summed E-state index contributed by atoms with van der Waals surface area (Å²) in [6.45, 7) is 5.48. The molecule has 2 heterocycles. The van der Waals surface area contributed by atoms with Crippen molar-refractivity contribution in [1.29, 1.82) is 0 Å². The van der Waals surface area contributed by atoms with E-state index in [2.05, 4.69) is 43.3 Å². The van der Waals surface area contributed by atoms with Crippen molar-refractivity contribution in [2.45, 2.75) is 51.5 Å². The van der Waals surface area contributed by atoms with Gasteiger partial charge in [-0.1, -0.05) is 49.3 Å². The predicted molar refractivity (Wildman–Crippen MR) is 89.0 cm³/mol. The molecule has 1 aliphatic rings. The van der Waals surface area contributed by atoms with Crippen LogP contribution >= 0.6 is 0 Å². The average Bonchev–Trinajstić information content (AvgIpc) is 2.95. The second-order valence-corrected chi connectivity index (χ2v) is 6.63. The quantitative estimate of drug-likeness (QED) is 0.854. The van der Waals surface area contributed by atoms with Crippen LogP contribution in [-0.4, -0.2) is 22.5 Å². The summed E-state index contributed by atoms with van der Waals surface area (Å²) in [7, 11) is 0. The standard InChI is InChI=1S/C19H24N2O2/c1-14(2)18-12-17(20-23-18)13-21-11-10-16(8-9-19(21)22)15-6-4-3-5-7-15/h3-7,12,14,16H,8-11,13H2,1-2H3. The van der Waals surface area contributed by atoms with Crippen molar-refractivity contribution in [3.63, 3.8) is 0 Å². The van der Waals surface area contributed by atoms with E-state index in [1.807, 2.05) is 17.0 Å². The lowest BCUT2D eigenvalue weighted by molar-refractivity contribution is -0.131. The Labute approximate surface area is 137 Å². The Kier molecular flexibility index (Phi) is 4.79. The van der Waals surface area contributed by atoms with Gasteiger partial charge in [0.15, 0.2) is 0 Å². The van der Waals surface area contributed by atoms with Crippen LogP contribution in [0.5, 0.6) is 0 Å². The Hall–Kier alpha value is -2.10. The number of hydrogen-bond donors (Lipinski definition) is 0. The number of likely N-dealkylation sites (tertiary alicyclic amines) is 1. The van der Waals surface area contributed by atoms with Gasteiger partial charge < -0.3 is 9.42 Å². The third kappa shape index (κ3) is 3.81. The molecule has 4 nitrogen and oxygen atoms in total. The highest BCUT2D eigenvalue weighted by atomic mass is 16.5. The van der Waals surface area contributed by atoms with Crippen molar-refractivity contribution in [2.24, 2.45) is 0 Å². The molecule has 1 unspecified atom stereocenters. The molecule has 1 saturated heterocycles. The highest BCUT2D eigenvalue weighted by Crippen LogP contribution is 2.29. The molecule has 122 valence electrons. The molecular formula is C19H24N2O2. The minimum absolute atomic E-state index is 0.220. The van der Waals surface area contributed by atoms with Crippen molar-refractivity contribution in [1.82, 2.24) is 10.1 Å². The second-order valence-electron chi connectivity index (χ2n) is 6.63. The smallest absolute Gasteiger partial charge is 0.222 e. The normalized spacial score (nSPS) is 19.2. The van der Waals surface area contributed by atoms with E-state index >= 15 is 0 Å². The fourth-order valence-corrected chi connectivity index (χ4v) is 3.13. The maximum absolute atomic E-state index is 12.4. The molecule has 0 radical (unpaired) electrons. The Morgan fingerprint density at radius 1 is 1.26 bits per heavy atom. The summed E-state index contributed by atoms with van der Waals surface area (Å²) in [5, 5.41) is 4.10. The highest BCUT2D eigenvalue weighted by molar-refractivity contribution is 5.76. The average molecular weight is 312 g/mol. The maximum atomic E-state index is 12.4. The van der Waals surface area contributed by atoms with E-state index in [0.717, 1.165) is 30.8 Å². The summed E-state index contributed by atoms with van der Waals surface area (Å²) in [6.07, 6.45) is 2.54. The monoisotopic (exact) mass is 312 g/mol. The molecule has 0 aliphatic carbocycles. The first-order valence-electron chi connectivity index (χ1n) is 8.41. The third-order valence-corrected chi connectivity index (χ3v) is 4.58. The number of aromatic nitrogens is 1. The van der Waals surface area contributed by atoms with Gasteiger partial charge >= 0.3 is 0 Å². The molecule has 0 spiro atoms. The summed E-state index contributed by atoms with van der Waals surface area (Å²) in [5.41, 5.74) is 2.19. The molecule has 23 heavy (non-hydrogen) atoms. The van der Waals surface area contributed by atoms with Crippen LogP contribution in [0.2, 0.25) is 0 Å². The molecule has 1 aliphatic heterocycles. The Bertz CT molecular complexity index is 648. The first-order chi connectivity index (χ1) is 11.1. The fourth-order valence-electron chi connectivity index (χ4n) is 3.13. The number of nitrogens with zero attached hydrogens (tertiary/aromatic N) is 2. The molecule has 3 rings (SSSR count). The van der Waals surface area contributed by atoms with E-state index in [4.69, 9.17) is 4.52 Å². The van der Waals surface area contributed by atoms with Crippen molar-refractivity contribution in [3.05, 3.63) is 53.4 Å². The number of amides is 1. The highest BCUT2D eigenvalue weighted by Gasteiger charge is 2.24. The number of rotatable bonds is 4. The zero-order valence-electron chi connectivity index (χ0n) is 13.9. The number of hydrogen-bond acceptors (Lipinski definition) is 3. The van der Waals surface area contributed by atoms with Crippen LogP contribution in [0.25, 0.3) is 0 Å². The summed E-state index contributed by atoms with van der Waals surface area (Å²) in [4.78, 5) is 14.3. The van der Waals surface area contributed by atoms with E-state index < -0.39 is 0 Å². The summed E-state index contributed by atoms with van der Waals surface area (Å²) in [6, 6.07) is 12.5. The Morgan fingerprint density at radius 2 is 2.04 bits per heavy atom. The zero-order chi connectivity index (χ0) is 16.2. The minimum Gasteiger partial charge on any atom is -0.361 e. The van der Waals surface area contributed by atoms with Gasteiger partial charge in [-0.05, 0) is 24.3 Å². The van der Waals surface area contributed by atoms with Gasteiger partial charge in [0, 0.05) is 24.9 Å². The predicted octanol–water partition coefficient (Wildman–Crippen LogP) is 4.09. The molecule has 0 bridgehead atoms. The number of carbonyl (C=O) groups is 1. The second kappa shape index (κ2) is 6.99. The minimum atomic E-state index is 0.220. The van der Waals surface area contributed by atoms with Crippen molar-refractivity contribution >= 4 is 5.91 Å². The van der Waals surface area contributed by atoms with Gasteiger partial charge in [-0.15, -0.1) is 0 Å². The van der Waals surface area contributed by atoms with Crippen molar-refractivity contribution in [2.75, 3.05) is 6.54 Å². The first kappa shape index (κ1) is 15.8. The van der Waals surface area contributed by atoms with E-state index in [-0.39, 0.29) is 5.91 Å². The van der Waals surface area contributed by atoms with E-state index in [9.17, 15) is 4.79 Å². The van der Waals surface area contributed by atoms with Crippen LogP contribution in [0.4, 0.5) is 0 Å². The molecule has 1 aromatic carbocycles. The van der Waals surface area contributed by atoms with Gasteiger partial charge in [0.2, 0.25) is 5.91 Å². The SMILES string of the molecule is CC(C)c1cc(CN2CCC(c3ccccc3)CCC2=O)no1. The Morgan fingerprint density at radius 3 is 2.74 bits per heavy atom. The molecule has 2 aromatic rings. The van der Waals surface area contributed by atoms with Gasteiger partial charge in [-0.2, -0.15) is 0 Å². The summed E-state index contributed by atoms with van der Waals surface area (Å²) in [5.74, 6) is 1.88. The van der Waals surface area contributed by atoms with Gasteiger partial charge in [0.1, 0.15) is 11.5 Å². The summed E-state index contributed by atoms with van der Waals surface area (Å²) < 4.78 is 5.34. The lowest BCUT2D eigenvalue weighted by Gasteiger charge is -2.19. The first-order valence-corrected chi connectivity index (χ1v) is 8.41. The number of benzene rings is 1. The van der Waals surface area contributed by atoms with Crippen LogP contribution < -0.4 is 0 Å². The third-order valence-electron chi connectivity index (χ3n) is 4.58. The fraction of sp³-hybridized carbons (Fsp3) is 0.474. The van der Waals surface area contributed by atoms with Gasteiger partial charge in [0.05, 0.1) is 6.54 Å². The van der Waals surface area contributed by atoms with Crippen LogP contribution in [0.15, 0.2) is 40.9 Å². The van der Waals surface area contributed by atoms with Gasteiger partial charge in [-0.3, -0.25) is 4.79 Å². The van der Waals surface area contributed by atoms with Crippen LogP contribution in [-0.2, 0) is 11.3 Å². The van der Waals surface area contributed by atoms with E-state index in [0.29, 0.717) is 24.8 Å². The van der Waals surface area contributed by atoms with Crippen LogP contribution in [0.1, 0.15) is 62.0 Å². The zero-order valence-corrected chi connectivity index (χ0v) is 13.9. The summed E-state index contributed by atoms with van der Waals surface area (Å²) >= 11 is 0. The molecule has 1 fully saturated rings. The van der Waals surface area contributed by atoms with Gasteiger partial charge in [-0.25, -0.2) is 0 Å². The van der Waals surface area contributed by atoms with Crippen molar-refractivity contribution < 1.29 is 9.32 Å². The maximum Gasteiger partial charge on any atom is 0.222 e. The van der Waals surface area contributed by atoms with E-state index in [1.54, 1.807) is 0 Å². The van der Waals surface area contributed by atoms with Gasteiger partial charge in [0.25, 0.3) is 0 Å². The lowest BCUT2D eigenvalue weighted by atomic mass is 9.92. The topological polar surface area (TPSA) is 46.3 Å². The largest absolute Gasteiger partial charge is 0.361 e. The molecule has 1 aromatic heterocycles. The van der Waals surface area contributed by atoms with E-state index in [1.165, 1.54) is 5.56 Å². The van der Waals surface area contributed by atoms with Crippen LogP contribution in [0, 0.1) is 0 Å². The molecule has 1 amide bonds. The molecule has 1 atom stereocenters. The lowest BCUT2D eigenvalue weighted by Crippen LogP contribution is -2.29.